The normalized spacial score (nSPS) is 11.7. The molecule has 3 rings (SSSR count). The molecule has 6 N–H and O–H groups in total. The Kier molecular flexibility index (Phi) is 10.1. The summed E-state index contributed by atoms with van der Waals surface area (Å²) in [5.74, 6) is 5.26. The zero-order chi connectivity index (χ0) is 28.4. The first-order chi connectivity index (χ1) is 18.7. The number of nitrogens with zero attached hydrogens (tertiary/aromatic N) is 1. The van der Waals surface area contributed by atoms with Crippen molar-refractivity contribution in [1.29, 1.82) is 0 Å². The summed E-state index contributed by atoms with van der Waals surface area (Å²) >= 11 is 0. The molecule has 0 radical (unpaired) electrons. The fourth-order valence-corrected chi connectivity index (χ4v) is 3.55. The highest BCUT2D eigenvalue weighted by Gasteiger charge is 2.23. The van der Waals surface area contributed by atoms with Gasteiger partial charge < -0.3 is 26.0 Å². The van der Waals surface area contributed by atoms with Crippen LogP contribution in [-0.4, -0.2) is 54.9 Å². The van der Waals surface area contributed by atoms with Crippen LogP contribution in [0.2, 0.25) is 0 Å². The van der Waals surface area contributed by atoms with E-state index in [1.807, 2.05) is 67.5 Å². The molecule has 0 aliphatic heterocycles. The van der Waals surface area contributed by atoms with Gasteiger partial charge in [-0.3, -0.25) is 14.8 Å². The molecule has 0 bridgehead atoms. The molecule has 2 atom stereocenters. The zero-order valence-corrected chi connectivity index (χ0v) is 22.2. The van der Waals surface area contributed by atoms with E-state index in [-0.39, 0.29) is 12.5 Å². The average Bonchev–Trinajstić information content (AvgIpc) is 2.94. The van der Waals surface area contributed by atoms with Gasteiger partial charge in [0.2, 0.25) is 5.91 Å². The van der Waals surface area contributed by atoms with Gasteiger partial charge in [-0.1, -0.05) is 30.6 Å². The Morgan fingerprint density at radius 1 is 0.897 bits per heavy atom. The van der Waals surface area contributed by atoms with Gasteiger partial charge in [-0.2, -0.15) is 0 Å². The molecule has 0 saturated carbocycles. The summed E-state index contributed by atoms with van der Waals surface area (Å²) < 4.78 is 0. The van der Waals surface area contributed by atoms with Crippen LogP contribution in [0.4, 0.5) is 17.1 Å². The van der Waals surface area contributed by atoms with Crippen LogP contribution >= 0.6 is 0 Å². The number of nitrogens with one attached hydrogen (secondary N) is 4. The largest absolute Gasteiger partial charge is 0.391 e. The lowest BCUT2D eigenvalue weighted by Crippen LogP contribution is -2.48. The van der Waals surface area contributed by atoms with E-state index in [4.69, 9.17) is 5.21 Å². The highest BCUT2D eigenvalue weighted by Crippen LogP contribution is 2.16. The van der Waals surface area contributed by atoms with Crippen LogP contribution in [0.25, 0.3) is 5.70 Å². The van der Waals surface area contributed by atoms with Gasteiger partial charge in [0.05, 0.1) is 12.6 Å². The Morgan fingerprint density at radius 2 is 1.44 bits per heavy atom. The predicted octanol–water partition coefficient (Wildman–Crippen LogP) is 3.02. The smallest absolute Gasteiger partial charge is 0.268 e. The minimum Gasteiger partial charge on any atom is -0.391 e. The lowest BCUT2D eigenvalue weighted by atomic mass is 10.1. The molecule has 0 unspecified atom stereocenters. The highest BCUT2D eigenvalue weighted by molar-refractivity contribution is 5.93. The molecule has 39 heavy (non-hydrogen) atoms. The molecule has 3 aromatic carbocycles. The fourth-order valence-electron chi connectivity index (χ4n) is 3.55. The average molecular weight is 528 g/mol. The molecule has 0 fully saturated rings. The van der Waals surface area contributed by atoms with E-state index in [0.717, 1.165) is 22.5 Å². The number of anilines is 3. The minimum atomic E-state index is -1.05. The minimum absolute atomic E-state index is 0.148. The quantitative estimate of drug-likeness (QED) is 0.136. The van der Waals surface area contributed by atoms with Crippen molar-refractivity contribution in [3.63, 3.8) is 0 Å². The van der Waals surface area contributed by atoms with Gasteiger partial charge in [-0.25, -0.2) is 5.48 Å². The molecule has 202 valence electrons. The van der Waals surface area contributed by atoms with Crippen LogP contribution in [0.15, 0.2) is 79.4 Å². The first kappa shape index (κ1) is 28.8. The van der Waals surface area contributed by atoms with Gasteiger partial charge >= 0.3 is 0 Å². The first-order valence-electron chi connectivity index (χ1n) is 12.3. The van der Waals surface area contributed by atoms with E-state index >= 15 is 0 Å². The number of hydrogen-bond donors (Lipinski definition) is 6. The Labute approximate surface area is 228 Å². The van der Waals surface area contributed by atoms with Crippen molar-refractivity contribution in [2.24, 2.45) is 0 Å². The van der Waals surface area contributed by atoms with Crippen LogP contribution in [-0.2, 0) is 9.59 Å². The molecule has 0 heterocycles. The Bertz CT molecular complexity index is 1340. The van der Waals surface area contributed by atoms with Gasteiger partial charge in [-0.15, -0.1) is 0 Å². The molecule has 0 aromatic heterocycles. The van der Waals surface area contributed by atoms with E-state index in [9.17, 15) is 14.7 Å². The van der Waals surface area contributed by atoms with E-state index in [1.165, 1.54) is 12.4 Å². The number of carbonyl (C=O) groups excluding carboxylic acids is 2. The summed E-state index contributed by atoms with van der Waals surface area (Å²) in [5.41, 5.74) is 6.84. The topological polar surface area (TPSA) is 126 Å². The number of amides is 2. The molecule has 0 aliphatic rings. The third kappa shape index (κ3) is 8.64. The van der Waals surface area contributed by atoms with Gasteiger partial charge in [0.15, 0.2) is 0 Å². The molecule has 9 nitrogen and oxygen atoms in total. The van der Waals surface area contributed by atoms with Gasteiger partial charge in [-0.05, 0) is 73.2 Å². The van der Waals surface area contributed by atoms with Crippen molar-refractivity contribution in [3.05, 3.63) is 96.1 Å². The van der Waals surface area contributed by atoms with Crippen molar-refractivity contribution in [2.45, 2.75) is 19.1 Å². The van der Waals surface area contributed by atoms with Crippen molar-refractivity contribution < 1.29 is 19.9 Å². The summed E-state index contributed by atoms with van der Waals surface area (Å²) in [6.07, 6.45) is -1.04. The summed E-state index contributed by atoms with van der Waals surface area (Å²) in [4.78, 5) is 26.0. The Balaban J connectivity index is 1.52. The molecule has 9 heteroatoms. The molecule has 0 saturated heterocycles. The summed E-state index contributed by atoms with van der Waals surface area (Å²) in [6, 6.07) is 21.3. The highest BCUT2D eigenvalue weighted by atomic mass is 16.5. The van der Waals surface area contributed by atoms with Crippen LogP contribution in [0, 0.1) is 11.8 Å². The van der Waals surface area contributed by atoms with Crippen LogP contribution < -0.4 is 26.3 Å². The second-order valence-electron chi connectivity index (χ2n) is 9.06. The van der Waals surface area contributed by atoms with Gasteiger partial charge in [0, 0.05) is 48.0 Å². The summed E-state index contributed by atoms with van der Waals surface area (Å²) in [6.45, 7) is 5.48. The second kappa shape index (κ2) is 13.7. The van der Waals surface area contributed by atoms with E-state index in [0.29, 0.717) is 16.9 Å². The van der Waals surface area contributed by atoms with Crippen molar-refractivity contribution in [1.82, 2.24) is 10.8 Å². The molecular weight excluding hydrogens is 494 g/mol. The molecular formula is C30H33N5O4. The molecule has 2 amide bonds. The number of benzene rings is 3. The lowest BCUT2D eigenvalue weighted by Gasteiger charge is -2.21. The first-order valence-corrected chi connectivity index (χ1v) is 12.3. The van der Waals surface area contributed by atoms with E-state index in [1.54, 1.807) is 24.3 Å². The van der Waals surface area contributed by atoms with E-state index in [2.05, 4.69) is 34.4 Å². The third-order valence-electron chi connectivity index (χ3n) is 5.79. The lowest BCUT2D eigenvalue weighted by molar-refractivity contribution is -0.133. The number of hydroxylamine groups is 1. The molecule has 0 aliphatic carbocycles. The Hall–Kier alpha value is -4.78. The zero-order valence-electron chi connectivity index (χ0n) is 22.2. The summed E-state index contributed by atoms with van der Waals surface area (Å²) in [5, 5.41) is 27.4. The molecule has 0 spiro atoms. The van der Waals surface area contributed by atoms with Crippen LogP contribution in [0.3, 0.4) is 0 Å². The molecule has 3 aromatic rings. The second-order valence-corrected chi connectivity index (χ2v) is 9.06. The predicted molar refractivity (Wildman–Crippen MR) is 154 cm³/mol. The number of hydrogen-bond acceptors (Lipinski definition) is 7. The van der Waals surface area contributed by atoms with Crippen LogP contribution in [0.1, 0.15) is 23.6 Å². The standard InChI is InChI=1S/C30H33N5O4/c1-20(32-29(21(2)36)30(38)34-39)24-11-7-22(8-12-24)5-6-23-9-13-26(14-10-23)33-28(37)19-31-25-15-17-27(18-16-25)35(3)4/h7-18,21,29,31-32,36,39H,1,19H2,2-4H3,(H,33,37)(H,34,38)/t21-,29+/m1/s1. The number of rotatable bonds is 10. The fraction of sp³-hybridized carbons (Fsp3) is 0.200. The maximum absolute atomic E-state index is 12.3. The third-order valence-corrected chi connectivity index (χ3v) is 5.79. The number of aliphatic hydroxyl groups is 1. The summed E-state index contributed by atoms with van der Waals surface area (Å²) in [7, 11) is 3.95. The SMILES string of the molecule is C=C(N[C@H](C(=O)NO)[C@@H](C)O)c1ccc(C#Cc2ccc(NC(=O)CNc3ccc(N(C)C)cc3)cc2)cc1. The number of aliphatic hydroxyl groups excluding tert-OH is 1. The van der Waals surface area contributed by atoms with Gasteiger partial charge in [0.1, 0.15) is 6.04 Å². The maximum Gasteiger partial charge on any atom is 0.268 e. The van der Waals surface area contributed by atoms with Crippen LogP contribution in [0.5, 0.6) is 0 Å². The monoisotopic (exact) mass is 527 g/mol. The van der Waals surface area contributed by atoms with Crippen molar-refractivity contribution in [3.8, 4) is 11.8 Å². The van der Waals surface area contributed by atoms with Crippen molar-refractivity contribution >= 4 is 34.6 Å². The number of carbonyl (C=O) groups is 2. The maximum atomic E-state index is 12.3. The van der Waals surface area contributed by atoms with Crippen molar-refractivity contribution in [2.75, 3.05) is 36.2 Å². The van der Waals surface area contributed by atoms with Gasteiger partial charge in [0.25, 0.3) is 5.91 Å². The van der Waals surface area contributed by atoms with E-state index < -0.39 is 18.1 Å². The Morgan fingerprint density at radius 3 is 1.95 bits per heavy atom.